The lowest BCUT2D eigenvalue weighted by atomic mass is 10.0. The molecule has 10 heteroatoms. The van der Waals surface area contributed by atoms with Crippen LogP contribution in [0.5, 0.6) is 5.75 Å². The van der Waals surface area contributed by atoms with E-state index in [2.05, 4.69) is 10.6 Å². The number of anilines is 3. The summed E-state index contributed by atoms with van der Waals surface area (Å²) in [5.41, 5.74) is 1.22. The van der Waals surface area contributed by atoms with E-state index in [9.17, 15) is 18.8 Å². The highest BCUT2D eigenvalue weighted by Crippen LogP contribution is 2.34. The van der Waals surface area contributed by atoms with Crippen LogP contribution in [0.3, 0.4) is 0 Å². The van der Waals surface area contributed by atoms with Crippen LogP contribution >= 0.6 is 23.2 Å². The first-order chi connectivity index (χ1) is 16.3. The Hall–Kier alpha value is -3.62. The first kappa shape index (κ1) is 23.5. The molecule has 0 bridgehead atoms. The van der Waals surface area contributed by atoms with Crippen LogP contribution < -0.4 is 20.3 Å². The molecule has 174 valence electrons. The highest BCUT2D eigenvalue weighted by atomic mass is 35.5. The maximum Gasteiger partial charge on any atom is 0.265 e. The Morgan fingerprint density at radius 1 is 1.06 bits per heavy atom. The molecule has 0 saturated carbocycles. The fourth-order valence-electron chi connectivity index (χ4n) is 3.50. The maximum absolute atomic E-state index is 13.2. The van der Waals surface area contributed by atoms with Gasteiger partial charge in [-0.1, -0.05) is 35.3 Å². The fourth-order valence-corrected chi connectivity index (χ4v) is 3.97. The number of para-hydroxylation sites is 2. The molecule has 1 heterocycles. The van der Waals surface area contributed by atoms with E-state index in [-0.39, 0.29) is 17.2 Å². The Kier molecular flexibility index (Phi) is 7.00. The number of hydrogen-bond donors (Lipinski definition) is 2. The number of nitrogens with zero attached hydrogens (tertiary/aromatic N) is 1. The van der Waals surface area contributed by atoms with E-state index < -0.39 is 36.2 Å². The number of carbonyl (C=O) groups excluding carboxylic acids is 3. The Morgan fingerprint density at radius 3 is 2.53 bits per heavy atom. The molecule has 0 spiro atoms. The molecule has 0 unspecified atom stereocenters. The number of fused-ring (bicyclic) bond motifs is 1. The Labute approximate surface area is 204 Å². The van der Waals surface area contributed by atoms with Gasteiger partial charge in [-0.05, 0) is 54.6 Å². The van der Waals surface area contributed by atoms with Gasteiger partial charge in [-0.2, -0.15) is 0 Å². The maximum atomic E-state index is 13.2. The zero-order chi connectivity index (χ0) is 24.2. The second kappa shape index (κ2) is 10.1. The Bertz CT molecular complexity index is 1250. The third-order valence-corrected chi connectivity index (χ3v) is 5.59. The van der Waals surface area contributed by atoms with Crippen LogP contribution in [0.25, 0.3) is 0 Å². The van der Waals surface area contributed by atoms with Crippen LogP contribution in [0, 0.1) is 5.82 Å². The molecule has 34 heavy (non-hydrogen) atoms. The normalized spacial score (nSPS) is 14.7. The van der Waals surface area contributed by atoms with Crippen molar-refractivity contribution in [2.75, 3.05) is 22.1 Å². The van der Waals surface area contributed by atoms with Crippen LogP contribution in [-0.2, 0) is 14.4 Å². The molecule has 1 aliphatic rings. The van der Waals surface area contributed by atoms with Gasteiger partial charge in [0.05, 0.1) is 22.8 Å². The van der Waals surface area contributed by atoms with Gasteiger partial charge in [0, 0.05) is 10.7 Å². The van der Waals surface area contributed by atoms with Gasteiger partial charge < -0.3 is 15.4 Å². The quantitative estimate of drug-likeness (QED) is 0.503. The largest absolute Gasteiger partial charge is 0.482 e. The first-order valence-electron chi connectivity index (χ1n) is 10.2. The van der Waals surface area contributed by atoms with Gasteiger partial charge in [-0.25, -0.2) is 4.39 Å². The number of rotatable bonds is 6. The molecule has 0 aromatic heterocycles. The van der Waals surface area contributed by atoms with Crippen molar-refractivity contribution in [3.05, 3.63) is 82.6 Å². The lowest BCUT2D eigenvalue weighted by molar-refractivity contribution is -0.127. The second-order valence-corrected chi connectivity index (χ2v) is 8.25. The summed E-state index contributed by atoms with van der Waals surface area (Å²) < 4.78 is 18.7. The standard InChI is InChI=1S/C24H18Cl2FN3O4/c25-14-5-10-21(17(26)11-14)34-13-23(32)30-19-4-2-1-3-18(19)29-24(33)20(30)12-22(31)28-16-8-6-15(27)7-9-16/h1-11,20H,12-13H2,(H,28,31)(H,29,33)/t20-/m0/s1. The zero-order valence-corrected chi connectivity index (χ0v) is 19.1. The monoisotopic (exact) mass is 501 g/mol. The second-order valence-electron chi connectivity index (χ2n) is 7.41. The summed E-state index contributed by atoms with van der Waals surface area (Å²) in [5.74, 6) is -1.79. The molecule has 2 N–H and O–H groups in total. The van der Waals surface area contributed by atoms with Crippen molar-refractivity contribution in [3.63, 3.8) is 0 Å². The van der Waals surface area contributed by atoms with E-state index in [0.29, 0.717) is 22.1 Å². The highest BCUT2D eigenvalue weighted by Gasteiger charge is 2.38. The Morgan fingerprint density at radius 2 is 1.79 bits per heavy atom. The van der Waals surface area contributed by atoms with Gasteiger partial charge >= 0.3 is 0 Å². The minimum Gasteiger partial charge on any atom is -0.482 e. The molecule has 7 nitrogen and oxygen atoms in total. The summed E-state index contributed by atoms with van der Waals surface area (Å²) in [7, 11) is 0. The third kappa shape index (κ3) is 5.30. The van der Waals surface area contributed by atoms with Gasteiger partial charge in [0.2, 0.25) is 11.8 Å². The van der Waals surface area contributed by atoms with Crippen molar-refractivity contribution >= 4 is 58.0 Å². The Balaban J connectivity index is 1.55. The summed E-state index contributed by atoms with van der Waals surface area (Å²) >= 11 is 12.0. The molecule has 0 saturated heterocycles. The van der Waals surface area contributed by atoms with E-state index in [1.807, 2.05) is 0 Å². The minimum absolute atomic E-state index is 0.229. The average molecular weight is 502 g/mol. The molecule has 0 aliphatic carbocycles. The van der Waals surface area contributed by atoms with E-state index in [4.69, 9.17) is 27.9 Å². The van der Waals surface area contributed by atoms with Crippen LogP contribution in [-0.4, -0.2) is 30.4 Å². The van der Waals surface area contributed by atoms with Gasteiger partial charge in [0.15, 0.2) is 6.61 Å². The molecule has 0 fully saturated rings. The number of ether oxygens (including phenoxy) is 1. The van der Waals surface area contributed by atoms with E-state index in [1.165, 1.54) is 41.3 Å². The molecule has 1 atom stereocenters. The van der Waals surface area contributed by atoms with Crippen LogP contribution in [0.1, 0.15) is 6.42 Å². The van der Waals surface area contributed by atoms with Crippen molar-refractivity contribution in [1.29, 1.82) is 0 Å². The summed E-state index contributed by atoms with van der Waals surface area (Å²) in [4.78, 5) is 40.0. The predicted molar refractivity (Wildman–Crippen MR) is 128 cm³/mol. The number of amides is 3. The van der Waals surface area contributed by atoms with E-state index in [0.717, 1.165) is 0 Å². The highest BCUT2D eigenvalue weighted by molar-refractivity contribution is 6.35. The summed E-state index contributed by atoms with van der Waals surface area (Å²) in [6, 6.07) is 15.4. The lowest BCUT2D eigenvalue weighted by Crippen LogP contribution is -2.53. The smallest absolute Gasteiger partial charge is 0.265 e. The molecule has 0 radical (unpaired) electrons. The predicted octanol–water partition coefficient (Wildman–Crippen LogP) is 4.89. The molecule has 4 rings (SSSR count). The lowest BCUT2D eigenvalue weighted by Gasteiger charge is -2.36. The summed E-state index contributed by atoms with van der Waals surface area (Å²) in [6.45, 7) is -0.432. The fraction of sp³-hybridized carbons (Fsp3) is 0.125. The molecular weight excluding hydrogens is 484 g/mol. The van der Waals surface area contributed by atoms with Crippen molar-refractivity contribution in [2.45, 2.75) is 12.5 Å². The minimum atomic E-state index is -1.13. The van der Waals surface area contributed by atoms with E-state index >= 15 is 0 Å². The molecule has 3 aromatic carbocycles. The number of hydrogen-bond acceptors (Lipinski definition) is 4. The van der Waals surface area contributed by atoms with Crippen molar-refractivity contribution in [2.24, 2.45) is 0 Å². The molecule has 3 aromatic rings. The molecule has 1 aliphatic heterocycles. The molecule has 3 amide bonds. The van der Waals surface area contributed by atoms with Gasteiger partial charge in [0.25, 0.3) is 5.91 Å². The van der Waals surface area contributed by atoms with Gasteiger partial charge in [-0.15, -0.1) is 0 Å². The number of nitrogens with one attached hydrogen (secondary N) is 2. The van der Waals surface area contributed by atoms with Crippen LogP contribution in [0.15, 0.2) is 66.7 Å². The van der Waals surface area contributed by atoms with E-state index in [1.54, 1.807) is 30.3 Å². The first-order valence-corrected chi connectivity index (χ1v) is 10.9. The van der Waals surface area contributed by atoms with Crippen LogP contribution in [0.4, 0.5) is 21.5 Å². The topological polar surface area (TPSA) is 87.7 Å². The number of benzene rings is 3. The average Bonchev–Trinajstić information content (AvgIpc) is 2.80. The van der Waals surface area contributed by atoms with Gasteiger partial charge in [-0.3, -0.25) is 19.3 Å². The number of carbonyl (C=O) groups is 3. The van der Waals surface area contributed by atoms with Crippen molar-refractivity contribution in [1.82, 2.24) is 0 Å². The SMILES string of the molecule is O=C(C[C@H]1C(=O)Nc2ccccc2N1C(=O)COc1ccc(Cl)cc1Cl)Nc1ccc(F)cc1. The van der Waals surface area contributed by atoms with Crippen molar-refractivity contribution in [3.8, 4) is 5.75 Å². The third-order valence-electron chi connectivity index (χ3n) is 5.06. The van der Waals surface area contributed by atoms with Crippen molar-refractivity contribution < 1.29 is 23.5 Å². The summed E-state index contributed by atoms with van der Waals surface area (Å²) in [6.07, 6.45) is -0.328. The van der Waals surface area contributed by atoms with Gasteiger partial charge in [0.1, 0.15) is 17.6 Å². The summed E-state index contributed by atoms with van der Waals surface area (Å²) in [5, 5.41) is 5.97. The zero-order valence-electron chi connectivity index (χ0n) is 17.6. The van der Waals surface area contributed by atoms with Crippen LogP contribution in [0.2, 0.25) is 10.0 Å². The number of halogens is 3. The molecular formula is C24H18Cl2FN3O4.